The molecule has 0 aliphatic carbocycles. The van der Waals surface area contributed by atoms with E-state index in [1.807, 2.05) is 37.3 Å². The normalized spacial score (nSPS) is 11.2. The molecular weight excluding hydrogens is 416 g/mol. The van der Waals surface area contributed by atoms with E-state index in [0.717, 1.165) is 5.56 Å². The van der Waals surface area contributed by atoms with E-state index in [1.54, 1.807) is 18.2 Å². The van der Waals surface area contributed by atoms with Gasteiger partial charge in [0.25, 0.3) is 5.91 Å². The monoisotopic (exact) mass is 440 g/mol. The number of rotatable bonds is 9. The van der Waals surface area contributed by atoms with E-state index in [4.69, 9.17) is 9.47 Å². The Morgan fingerprint density at radius 1 is 0.968 bits per heavy atom. The van der Waals surface area contributed by atoms with Gasteiger partial charge in [0.05, 0.1) is 17.2 Å². The van der Waals surface area contributed by atoms with Crippen molar-refractivity contribution in [3.63, 3.8) is 0 Å². The zero-order chi connectivity index (χ0) is 22.3. The minimum atomic E-state index is -3.66. The lowest BCUT2D eigenvalue weighted by atomic mass is 10.2. The van der Waals surface area contributed by atoms with Crippen LogP contribution in [0.5, 0.6) is 11.5 Å². The summed E-state index contributed by atoms with van der Waals surface area (Å²) in [5, 5.41) is 2.82. The molecule has 0 unspecified atom stereocenters. The van der Waals surface area contributed by atoms with Gasteiger partial charge in [0, 0.05) is 19.2 Å². The van der Waals surface area contributed by atoms with Gasteiger partial charge in [0.2, 0.25) is 10.0 Å². The van der Waals surface area contributed by atoms with Gasteiger partial charge < -0.3 is 14.8 Å². The number of anilines is 1. The maximum absolute atomic E-state index is 12.7. The van der Waals surface area contributed by atoms with Gasteiger partial charge >= 0.3 is 0 Å². The third kappa shape index (κ3) is 6.14. The van der Waals surface area contributed by atoms with Crippen LogP contribution in [0.1, 0.15) is 15.9 Å². The molecule has 0 aliphatic heterocycles. The first-order valence-electron chi connectivity index (χ1n) is 9.62. The number of sulfonamides is 1. The number of para-hydroxylation sites is 2. The molecular formula is C23H24N2O5S. The highest BCUT2D eigenvalue weighted by Gasteiger charge is 2.15. The Bertz CT molecular complexity index is 1140. The van der Waals surface area contributed by atoms with Crippen LogP contribution in [0.3, 0.4) is 0 Å². The average Bonchev–Trinajstić information content (AvgIpc) is 2.75. The van der Waals surface area contributed by atoms with Gasteiger partial charge in [-0.1, -0.05) is 24.3 Å². The van der Waals surface area contributed by atoms with Crippen LogP contribution in [0.4, 0.5) is 5.69 Å². The van der Waals surface area contributed by atoms with Crippen LogP contribution >= 0.6 is 0 Å². The Balaban J connectivity index is 1.72. The number of hydrogen-bond donors (Lipinski definition) is 2. The molecule has 0 heterocycles. The van der Waals surface area contributed by atoms with Crippen LogP contribution in [0, 0.1) is 6.92 Å². The number of ether oxygens (including phenoxy) is 2. The van der Waals surface area contributed by atoms with Crippen LogP contribution in [0.25, 0.3) is 0 Å². The van der Waals surface area contributed by atoms with Crippen LogP contribution in [-0.2, 0) is 14.8 Å². The molecule has 7 nitrogen and oxygen atoms in total. The van der Waals surface area contributed by atoms with Crippen molar-refractivity contribution in [3.8, 4) is 11.5 Å². The quantitative estimate of drug-likeness (QED) is 0.491. The van der Waals surface area contributed by atoms with Crippen molar-refractivity contribution in [1.29, 1.82) is 0 Å². The van der Waals surface area contributed by atoms with Gasteiger partial charge in [-0.05, 0) is 61.0 Å². The van der Waals surface area contributed by atoms with Gasteiger partial charge in [-0.2, -0.15) is 0 Å². The second-order valence-electron chi connectivity index (χ2n) is 6.78. The molecule has 0 spiro atoms. The van der Waals surface area contributed by atoms with Crippen LogP contribution < -0.4 is 14.8 Å². The SMILES string of the molecule is COCCNS(=O)(=O)c1ccc(C(=O)Nc2ccccc2Oc2cccc(C)c2)cc1. The first-order valence-corrected chi connectivity index (χ1v) is 11.1. The van der Waals surface area contributed by atoms with Crippen molar-refractivity contribution in [1.82, 2.24) is 4.72 Å². The fourth-order valence-electron chi connectivity index (χ4n) is 2.81. The molecule has 2 N–H and O–H groups in total. The first kappa shape index (κ1) is 22.5. The third-order valence-electron chi connectivity index (χ3n) is 4.38. The van der Waals surface area contributed by atoms with Crippen molar-refractivity contribution >= 4 is 21.6 Å². The van der Waals surface area contributed by atoms with Crippen molar-refractivity contribution in [3.05, 3.63) is 83.9 Å². The largest absolute Gasteiger partial charge is 0.455 e. The van der Waals surface area contributed by atoms with Gasteiger partial charge in [-0.3, -0.25) is 4.79 Å². The van der Waals surface area contributed by atoms with E-state index < -0.39 is 10.0 Å². The molecule has 162 valence electrons. The summed E-state index contributed by atoms with van der Waals surface area (Å²) in [4.78, 5) is 12.8. The van der Waals surface area contributed by atoms with Gasteiger partial charge in [-0.15, -0.1) is 0 Å². The number of hydrogen-bond acceptors (Lipinski definition) is 5. The zero-order valence-electron chi connectivity index (χ0n) is 17.3. The Hall–Kier alpha value is -3.20. The molecule has 0 saturated carbocycles. The Labute approximate surface area is 182 Å². The number of aryl methyl sites for hydroxylation is 1. The van der Waals surface area contributed by atoms with E-state index in [0.29, 0.717) is 22.7 Å². The predicted molar refractivity (Wildman–Crippen MR) is 119 cm³/mol. The predicted octanol–water partition coefficient (Wildman–Crippen LogP) is 3.96. The van der Waals surface area contributed by atoms with Gasteiger partial charge in [-0.25, -0.2) is 13.1 Å². The summed E-state index contributed by atoms with van der Waals surface area (Å²) in [6.45, 7) is 2.40. The second kappa shape index (κ2) is 10.2. The van der Waals surface area contributed by atoms with Crippen molar-refractivity contribution < 1.29 is 22.7 Å². The van der Waals surface area contributed by atoms with Gasteiger partial charge in [0.15, 0.2) is 5.75 Å². The number of benzene rings is 3. The summed E-state index contributed by atoms with van der Waals surface area (Å²) in [5.41, 5.74) is 1.89. The van der Waals surface area contributed by atoms with E-state index >= 15 is 0 Å². The van der Waals surface area contributed by atoms with E-state index in [-0.39, 0.29) is 24.0 Å². The highest BCUT2D eigenvalue weighted by molar-refractivity contribution is 7.89. The molecule has 8 heteroatoms. The highest BCUT2D eigenvalue weighted by Crippen LogP contribution is 2.30. The summed E-state index contributed by atoms with van der Waals surface area (Å²) < 4.78 is 37.7. The molecule has 0 fully saturated rings. The number of methoxy groups -OCH3 is 1. The molecule has 3 aromatic rings. The first-order chi connectivity index (χ1) is 14.9. The Kier molecular flexibility index (Phi) is 7.41. The summed E-state index contributed by atoms with van der Waals surface area (Å²) >= 11 is 0. The molecule has 0 bridgehead atoms. The molecule has 1 amide bonds. The average molecular weight is 441 g/mol. The van der Waals surface area contributed by atoms with E-state index in [2.05, 4.69) is 10.0 Å². The molecule has 0 aromatic heterocycles. The zero-order valence-corrected chi connectivity index (χ0v) is 18.1. The highest BCUT2D eigenvalue weighted by atomic mass is 32.2. The second-order valence-corrected chi connectivity index (χ2v) is 8.55. The molecule has 31 heavy (non-hydrogen) atoms. The lowest BCUT2D eigenvalue weighted by Crippen LogP contribution is -2.27. The molecule has 3 rings (SSSR count). The number of nitrogens with one attached hydrogen (secondary N) is 2. The minimum absolute atomic E-state index is 0.0725. The van der Waals surface area contributed by atoms with E-state index in [1.165, 1.54) is 31.4 Å². The molecule has 0 radical (unpaired) electrons. The molecule has 0 saturated heterocycles. The smallest absolute Gasteiger partial charge is 0.255 e. The van der Waals surface area contributed by atoms with Crippen molar-refractivity contribution in [2.24, 2.45) is 0 Å². The summed E-state index contributed by atoms with van der Waals surface area (Å²) in [6, 6.07) is 20.4. The number of carbonyl (C=O) groups is 1. The Morgan fingerprint density at radius 2 is 1.71 bits per heavy atom. The van der Waals surface area contributed by atoms with Crippen molar-refractivity contribution in [2.75, 3.05) is 25.6 Å². The standard InChI is InChI=1S/C23H24N2O5S/c1-17-6-5-7-19(16-17)30-22-9-4-3-8-21(22)25-23(26)18-10-12-20(13-11-18)31(27,28)24-14-15-29-2/h3-13,16,24H,14-15H2,1-2H3,(H,25,26). The minimum Gasteiger partial charge on any atom is -0.455 e. The van der Waals surface area contributed by atoms with Crippen LogP contribution in [-0.4, -0.2) is 34.6 Å². The van der Waals surface area contributed by atoms with Crippen LogP contribution in [0.15, 0.2) is 77.7 Å². The maximum Gasteiger partial charge on any atom is 0.255 e. The Morgan fingerprint density at radius 3 is 2.42 bits per heavy atom. The van der Waals surface area contributed by atoms with E-state index in [9.17, 15) is 13.2 Å². The molecule has 0 atom stereocenters. The molecule has 3 aromatic carbocycles. The van der Waals surface area contributed by atoms with Crippen molar-refractivity contribution in [2.45, 2.75) is 11.8 Å². The van der Waals surface area contributed by atoms with Gasteiger partial charge in [0.1, 0.15) is 5.75 Å². The lowest BCUT2D eigenvalue weighted by molar-refractivity contribution is 0.102. The summed E-state index contributed by atoms with van der Waals surface area (Å²) in [5.74, 6) is 0.789. The summed E-state index contributed by atoms with van der Waals surface area (Å²) in [6.07, 6.45) is 0. The fraction of sp³-hybridized carbons (Fsp3) is 0.174. The lowest BCUT2D eigenvalue weighted by Gasteiger charge is -2.13. The third-order valence-corrected chi connectivity index (χ3v) is 5.85. The maximum atomic E-state index is 12.7. The number of carbonyl (C=O) groups excluding carboxylic acids is 1. The number of amides is 1. The fourth-order valence-corrected chi connectivity index (χ4v) is 3.82. The van der Waals surface area contributed by atoms with Crippen LogP contribution in [0.2, 0.25) is 0 Å². The topological polar surface area (TPSA) is 93.7 Å². The summed E-state index contributed by atoms with van der Waals surface area (Å²) in [7, 11) is -2.17. The molecule has 0 aliphatic rings.